The van der Waals surface area contributed by atoms with Gasteiger partial charge in [-0.25, -0.2) is 9.97 Å². The number of hydrazine groups is 1. The van der Waals surface area contributed by atoms with Crippen LogP contribution in [0.25, 0.3) is 0 Å². The van der Waals surface area contributed by atoms with Gasteiger partial charge < -0.3 is 15.0 Å². The number of likely N-dealkylation sites (tertiary alicyclic amines) is 1. The van der Waals surface area contributed by atoms with Crippen LogP contribution in [0.1, 0.15) is 47.6 Å². The van der Waals surface area contributed by atoms with E-state index in [2.05, 4.69) is 26.1 Å². The fraction of sp³-hybridized carbons (Fsp3) is 0.478. The van der Waals surface area contributed by atoms with Gasteiger partial charge in [0, 0.05) is 37.8 Å². The summed E-state index contributed by atoms with van der Waals surface area (Å²) in [6, 6.07) is 7.40. The molecule has 0 bridgehead atoms. The van der Waals surface area contributed by atoms with Gasteiger partial charge in [-0.2, -0.15) is 0 Å². The largest absolute Gasteiger partial charge is 0.495 e. The van der Waals surface area contributed by atoms with Crippen molar-refractivity contribution in [1.29, 1.82) is 0 Å². The van der Waals surface area contributed by atoms with Crippen LogP contribution in [-0.4, -0.2) is 59.5 Å². The quantitative estimate of drug-likeness (QED) is 0.654. The molecule has 1 aromatic heterocycles. The minimum Gasteiger partial charge on any atom is -0.495 e. The number of amides is 2. The first kappa shape index (κ1) is 22.2. The van der Waals surface area contributed by atoms with Gasteiger partial charge in [-0.3, -0.25) is 20.4 Å². The van der Waals surface area contributed by atoms with Crippen molar-refractivity contribution in [2.24, 2.45) is 5.92 Å². The van der Waals surface area contributed by atoms with Crippen LogP contribution in [-0.2, 0) is 4.79 Å². The highest BCUT2D eigenvalue weighted by Gasteiger charge is 2.35. The lowest BCUT2D eigenvalue weighted by Crippen LogP contribution is -2.44. The van der Waals surface area contributed by atoms with E-state index in [1.54, 1.807) is 25.4 Å². The third-order valence-electron chi connectivity index (χ3n) is 6.34. The van der Waals surface area contributed by atoms with Gasteiger partial charge in [-0.1, -0.05) is 12.1 Å². The molecule has 2 saturated heterocycles. The Kier molecular flexibility index (Phi) is 6.66. The molecule has 4 rings (SSSR count). The van der Waals surface area contributed by atoms with Crippen LogP contribution >= 0.6 is 0 Å². The van der Waals surface area contributed by atoms with E-state index in [1.165, 1.54) is 0 Å². The standard InChI is InChI=1S/C23H30N6O3/c1-14-17(22(30)27-19-6-4-5-7-20(19)32-3)12-24-21(26-14)16-8-10-29(11-9-16)23(31)18-13-25-28-15(18)2/h4-7,12,15-16,18,25,28H,8-11,13H2,1-3H3,(H,27,30). The number of piperidine rings is 1. The molecule has 2 unspecified atom stereocenters. The molecule has 3 heterocycles. The van der Waals surface area contributed by atoms with Crippen LogP contribution in [0.2, 0.25) is 0 Å². The number of nitrogens with zero attached hydrogens (tertiary/aromatic N) is 3. The van der Waals surface area contributed by atoms with Crippen LogP contribution in [0.4, 0.5) is 5.69 Å². The molecule has 1 aromatic carbocycles. The van der Waals surface area contributed by atoms with E-state index >= 15 is 0 Å². The maximum Gasteiger partial charge on any atom is 0.259 e. The minimum absolute atomic E-state index is 0.0221. The smallest absolute Gasteiger partial charge is 0.259 e. The highest BCUT2D eigenvalue weighted by molar-refractivity contribution is 6.05. The zero-order valence-electron chi connectivity index (χ0n) is 18.7. The van der Waals surface area contributed by atoms with Gasteiger partial charge in [0.1, 0.15) is 11.6 Å². The summed E-state index contributed by atoms with van der Waals surface area (Å²) in [5, 5.41) is 2.87. The third-order valence-corrected chi connectivity index (χ3v) is 6.34. The van der Waals surface area contributed by atoms with E-state index in [0.717, 1.165) is 18.7 Å². The zero-order valence-corrected chi connectivity index (χ0v) is 18.7. The predicted octanol–water partition coefficient (Wildman–Crippen LogP) is 1.86. The lowest BCUT2D eigenvalue weighted by atomic mass is 9.93. The van der Waals surface area contributed by atoms with Crippen molar-refractivity contribution in [2.75, 3.05) is 32.1 Å². The van der Waals surface area contributed by atoms with E-state index in [9.17, 15) is 9.59 Å². The van der Waals surface area contributed by atoms with Crippen LogP contribution in [0.5, 0.6) is 5.75 Å². The molecule has 2 aromatic rings. The first-order valence-electron chi connectivity index (χ1n) is 11.0. The van der Waals surface area contributed by atoms with Crippen molar-refractivity contribution in [3.63, 3.8) is 0 Å². The van der Waals surface area contributed by atoms with Gasteiger partial charge in [0.25, 0.3) is 5.91 Å². The number of ether oxygens (including phenoxy) is 1. The average molecular weight is 439 g/mol. The number of anilines is 1. The number of benzene rings is 1. The summed E-state index contributed by atoms with van der Waals surface area (Å²) in [4.78, 5) is 36.6. The number of carbonyl (C=O) groups is 2. The van der Waals surface area contributed by atoms with Crippen LogP contribution in [0.3, 0.4) is 0 Å². The Bertz CT molecular complexity index is 989. The molecule has 9 nitrogen and oxygen atoms in total. The third kappa shape index (κ3) is 4.58. The fourth-order valence-corrected chi connectivity index (χ4v) is 4.34. The van der Waals surface area contributed by atoms with E-state index < -0.39 is 0 Å². The molecule has 2 aliphatic heterocycles. The van der Waals surface area contributed by atoms with Gasteiger partial charge in [0.15, 0.2) is 0 Å². The summed E-state index contributed by atoms with van der Waals surface area (Å²) in [6.45, 7) is 5.91. The second-order valence-electron chi connectivity index (χ2n) is 8.40. The molecular weight excluding hydrogens is 408 g/mol. The summed E-state index contributed by atoms with van der Waals surface area (Å²) in [5.74, 6) is 1.42. The van der Waals surface area contributed by atoms with E-state index in [-0.39, 0.29) is 29.7 Å². The summed E-state index contributed by atoms with van der Waals surface area (Å²) >= 11 is 0. The molecule has 170 valence electrons. The Hall–Kier alpha value is -3.04. The van der Waals surface area contributed by atoms with Crippen LogP contribution in [0, 0.1) is 12.8 Å². The number of methoxy groups -OCH3 is 1. The fourth-order valence-electron chi connectivity index (χ4n) is 4.34. The first-order valence-corrected chi connectivity index (χ1v) is 11.0. The van der Waals surface area contributed by atoms with E-state index in [1.807, 2.05) is 30.9 Å². The lowest BCUT2D eigenvalue weighted by molar-refractivity contribution is -0.136. The first-order chi connectivity index (χ1) is 15.5. The number of aromatic nitrogens is 2. The van der Waals surface area contributed by atoms with Crippen molar-refractivity contribution in [2.45, 2.75) is 38.6 Å². The van der Waals surface area contributed by atoms with E-state index in [4.69, 9.17) is 4.74 Å². The predicted molar refractivity (Wildman–Crippen MR) is 120 cm³/mol. The number of nitrogens with one attached hydrogen (secondary N) is 3. The molecule has 2 amide bonds. The van der Waals surface area contributed by atoms with Crippen LogP contribution < -0.4 is 20.9 Å². The molecular formula is C23H30N6O3. The SMILES string of the molecule is COc1ccccc1NC(=O)c1cnc(C2CCN(C(=O)C3CNNC3C)CC2)nc1C. The topological polar surface area (TPSA) is 108 Å². The molecule has 0 aliphatic carbocycles. The Balaban J connectivity index is 1.38. The second-order valence-corrected chi connectivity index (χ2v) is 8.40. The Morgan fingerprint density at radius 3 is 2.62 bits per heavy atom. The van der Waals surface area contributed by atoms with Gasteiger partial charge in [0.05, 0.1) is 30.0 Å². The number of hydrogen-bond acceptors (Lipinski definition) is 7. The number of para-hydroxylation sites is 2. The van der Waals surface area contributed by atoms with Crippen molar-refractivity contribution >= 4 is 17.5 Å². The Morgan fingerprint density at radius 2 is 1.97 bits per heavy atom. The molecule has 2 atom stereocenters. The number of hydrogen-bond donors (Lipinski definition) is 3. The van der Waals surface area contributed by atoms with Crippen molar-refractivity contribution in [1.82, 2.24) is 25.7 Å². The molecule has 0 spiro atoms. The van der Waals surface area contributed by atoms with Gasteiger partial charge in [0.2, 0.25) is 5.91 Å². The number of rotatable bonds is 5. The maximum atomic E-state index is 12.8. The second kappa shape index (κ2) is 9.62. The minimum atomic E-state index is -0.271. The van der Waals surface area contributed by atoms with Crippen molar-refractivity contribution in [3.8, 4) is 5.75 Å². The molecule has 2 fully saturated rings. The van der Waals surface area contributed by atoms with Gasteiger partial charge >= 0.3 is 0 Å². The normalized spacial score (nSPS) is 21.4. The monoisotopic (exact) mass is 438 g/mol. The molecule has 9 heteroatoms. The van der Waals surface area contributed by atoms with Crippen LogP contribution in [0.15, 0.2) is 30.5 Å². The van der Waals surface area contributed by atoms with Crippen molar-refractivity contribution < 1.29 is 14.3 Å². The number of aryl methyl sites for hydroxylation is 1. The molecule has 32 heavy (non-hydrogen) atoms. The molecule has 0 saturated carbocycles. The van der Waals surface area contributed by atoms with Gasteiger partial charge in [-0.15, -0.1) is 0 Å². The van der Waals surface area contributed by atoms with Crippen molar-refractivity contribution in [3.05, 3.63) is 47.5 Å². The highest BCUT2D eigenvalue weighted by atomic mass is 16.5. The Labute approximate surface area is 187 Å². The summed E-state index contributed by atoms with van der Waals surface area (Å²) in [7, 11) is 1.56. The number of carbonyl (C=O) groups excluding carboxylic acids is 2. The van der Waals surface area contributed by atoms with E-state index in [0.29, 0.717) is 42.3 Å². The maximum absolute atomic E-state index is 12.8. The zero-order chi connectivity index (χ0) is 22.7. The highest BCUT2D eigenvalue weighted by Crippen LogP contribution is 2.28. The molecule has 2 aliphatic rings. The molecule has 0 radical (unpaired) electrons. The average Bonchev–Trinajstić information content (AvgIpc) is 3.24. The Morgan fingerprint density at radius 1 is 1.22 bits per heavy atom. The molecule has 3 N–H and O–H groups in total. The summed E-state index contributed by atoms with van der Waals surface area (Å²) in [6.07, 6.45) is 3.23. The van der Waals surface area contributed by atoms with Gasteiger partial charge in [-0.05, 0) is 38.8 Å². The summed E-state index contributed by atoms with van der Waals surface area (Å²) in [5.41, 5.74) is 7.84. The lowest BCUT2D eigenvalue weighted by Gasteiger charge is -2.33. The summed E-state index contributed by atoms with van der Waals surface area (Å²) < 4.78 is 5.29.